The molecule has 0 bridgehead atoms. The van der Waals surface area contributed by atoms with Crippen LogP contribution in [0.1, 0.15) is 62.8 Å². The standard InChI is InChI=1S/C27H26BrClF4N6O4/c1-25(2,3)43-24(42)37-8-6-26(7-9-37)14-10-12(14)20-17(26)21(41)39-23(35-22(28)36-39)38(20)11-16(40)34-15-5-4-13(27(31,32)33)19(30)18(15)29/h4-5,12,14H,6-11H2,1-3H3,(H,34,40)/t12-,14+/m0/s1. The first-order valence-electron chi connectivity index (χ1n) is 13.5. The van der Waals surface area contributed by atoms with Crippen LogP contribution in [0.2, 0.25) is 5.02 Å². The number of anilines is 1. The van der Waals surface area contributed by atoms with Crippen LogP contribution in [0.25, 0.3) is 5.78 Å². The number of nitrogens with zero attached hydrogens (tertiary/aromatic N) is 5. The van der Waals surface area contributed by atoms with Gasteiger partial charge < -0.3 is 19.5 Å². The van der Waals surface area contributed by atoms with Crippen molar-refractivity contribution in [2.24, 2.45) is 5.92 Å². The van der Waals surface area contributed by atoms with Gasteiger partial charge in [0.1, 0.15) is 17.2 Å². The van der Waals surface area contributed by atoms with Gasteiger partial charge >= 0.3 is 12.3 Å². The summed E-state index contributed by atoms with van der Waals surface area (Å²) in [5, 5.41) is 5.71. The fourth-order valence-electron chi connectivity index (χ4n) is 6.59. The average molecular weight is 690 g/mol. The van der Waals surface area contributed by atoms with Crippen molar-refractivity contribution in [3.05, 3.63) is 54.9 Å². The van der Waals surface area contributed by atoms with Crippen LogP contribution in [-0.4, -0.2) is 54.8 Å². The molecule has 1 spiro atoms. The number of halogens is 6. The molecule has 1 aliphatic heterocycles. The molecule has 230 valence electrons. The number of rotatable bonds is 3. The summed E-state index contributed by atoms with van der Waals surface area (Å²) in [6.07, 6.45) is -3.56. The molecule has 1 aromatic carbocycles. The Balaban J connectivity index is 1.34. The minimum atomic E-state index is -4.96. The van der Waals surface area contributed by atoms with E-state index in [2.05, 4.69) is 31.3 Å². The van der Waals surface area contributed by atoms with Crippen molar-refractivity contribution in [3.63, 3.8) is 0 Å². The number of ether oxygens (including phenoxy) is 1. The summed E-state index contributed by atoms with van der Waals surface area (Å²) in [5.41, 5.74) is -2.26. The lowest BCUT2D eigenvalue weighted by Crippen LogP contribution is -2.49. The highest BCUT2D eigenvalue weighted by Gasteiger charge is 2.64. The van der Waals surface area contributed by atoms with Crippen LogP contribution >= 0.6 is 27.5 Å². The molecule has 2 aliphatic carbocycles. The van der Waals surface area contributed by atoms with Gasteiger partial charge in [0.05, 0.1) is 11.3 Å². The number of hydrogen-bond acceptors (Lipinski definition) is 6. The minimum Gasteiger partial charge on any atom is -0.444 e. The lowest BCUT2D eigenvalue weighted by Gasteiger charge is -2.41. The Morgan fingerprint density at radius 3 is 2.51 bits per heavy atom. The average Bonchev–Trinajstić information content (AvgIpc) is 3.53. The lowest BCUT2D eigenvalue weighted by atomic mass is 9.71. The molecule has 3 aromatic rings. The monoisotopic (exact) mass is 688 g/mol. The number of piperidine rings is 1. The van der Waals surface area contributed by atoms with E-state index in [0.29, 0.717) is 43.3 Å². The molecule has 2 aromatic heterocycles. The summed E-state index contributed by atoms with van der Waals surface area (Å²) < 4.78 is 62.0. The number of likely N-dealkylation sites (tertiary alicyclic amines) is 1. The summed E-state index contributed by atoms with van der Waals surface area (Å²) >= 11 is 9.05. The van der Waals surface area contributed by atoms with Crippen LogP contribution in [0.5, 0.6) is 0 Å². The van der Waals surface area contributed by atoms with E-state index in [1.165, 1.54) is 0 Å². The number of benzene rings is 1. The molecule has 10 nitrogen and oxygen atoms in total. The Kier molecular flexibility index (Phi) is 6.88. The van der Waals surface area contributed by atoms with Crippen molar-refractivity contribution in [3.8, 4) is 0 Å². The van der Waals surface area contributed by atoms with E-state index in [9.17, 15) is 31.9 Å². The van der Waals surface area contributed by atoms with Crippen LogP contribution in [0.15, 0.2) is 21.7 Å². The number of amides is 2. The predicted molar refractivity (Wildman–Crippen MR) is 150 cm³/mol. The van der Waals surface area contributed by atoms with Gasteiger partial charge in [-0.1, -0.05) is 11.6 Å². The Morgan fingerprint density at radius 2 is 1.88 bits per heavy atom. The minimum absolute atomic E-state index is 0.0313. The number of fused-ring (bicyclic) bond motifs is 6. The maximum atomic E-state index is 14.4. The number of nitrogens with one attached hydrogen (secondary N) is 1. The second-order valence-electron chi connectivity index (χ2n) is 12.2. The normalized spacial score (nSPS) is 20.7. The van der Waals surface area contributed by atoms with Gasteiger partial charge in [0, 0.05) is 35.7 Å². The van der Waals surface area contributed by atoms with E-state index < -0.39 is 45.6 Å². The lowest BCUT2D eigenvalue weighted by molar-refractivity contribution is -0.140. The molecular formula is C27H26BrClF4N6O4. The maximum Gasteiger partial charge on any atom is 0.419 e. The molecule has 16 heteroatoms. The van der Waals surface area contributed by atoms with Gasteiger partial charge in [-0.15, -0.1) is 5.10 Å². The van der Waals surface area contributed by atoms with Crippen molar-refractivity contribution < 1.29 is 31.9 Å². The van der Waals surface area contributed by atoms with Crippen LogP contribution in [0, 0.1) is 11.7 Å². The summed E-state index contributed by atoms with van der Waals surface area (Å²) in [5.74, 6) is -2.22. The topological polar surface area (TPSA) is 111 Å². The van der Waals surface area contributed by atoms with Crippen molar-refractivity contribution in [2.75, 3.05) is 18.4 Å². The fourth-order valence-corrected chi connectivity index (χ4v) is 7.11. The smallest absolute Gasteiger partial charge is 0.419 e. The first-order valence-corrected chi connectivity index (χ1v) is 14.7. The zero-order valence-corrected chi connectivity index (χ0v) is 25.5. The third kappa shape index (κ3) is 4.97. The zero-order valence-electron chi connectivity index (χ0n) is 23.2. The predicted octanol–water partition coefficient (Wildman–Crippen LogP) is 5.49. The molecule has 3 aliphatic rings. The van der Waals surface area contributed by atoms with Gasteiger partial charge in [-0.05, 0) is 74.0 Å². The van der Waals surface area contributed by atoms with Gasteiger partial charge in [-0.3, -0.25) is 9.59 Å². The number of carbonyl (C=O) groups excluding carboxylic acids is 2. The molecule has 1 saturated heterocycles. The van der Waals surface area contributed by atoms with Crippen LogP contribution in [-0.2, 0) is 27.7 Å². The van der Waals surface area contributed by atoms with Gasteiger partial charge in [0.15, 0.2) is 5.82 Å². The number of hydrogen-bond donors (Lipinski definition) is 1. The summed E-state index contributed by atoms with van der Waals surface area (Å²) in [4.78, 5) is 45.8. The van der Waals surface area contributed by atoms with Gasteiger partial charge in [0.25, 0.3) is 5.56 Å². The highest BCUT2D eigenvalue weighted by Crippen LogP contribution is 2.67. The van der Waals surface area contributed by atoms with Crippen molar-refractivity contribution in [1.29, 1.82) is 0 Å². The largest absolute Gasteiger partial charge is 0.444 e. The highest BCUT2D eigenvalue weighted by molar-refractivity contribution is 9.10. The Morgan fingerprint density at radius 1 is 1.21 bits per heavy atom. The molecular weight excluding hydrogens is 664 g/mol. The second kappa shape index (κ2) is 9.91. The van der Waals surface area contributed by atoms with Crippen LogP contribution < -0.4 is 10.9 Å². The number of aromatic nitrogens is 4. The van der Waals surface area contributed by atoms with Crippen LogP contribution in [0.4, 0.5) is 28.0 Å². The van der Waals surface area contributed by atoms with E-state index in [0.717, 1.165) is 17.0 Å². The first-order chi connectivity index (χ1) is 20.0. The fraction of sp³-hybridized carbons (Fsp3) is 0.519. The van der Waals surface area contributed by atoms with Gasteiger partial charge in [-0.2, -0.15) is 22.7 Å². The van der Waals surface area contributed by atoms with E-state index in [4.69, 9.17) is 16.3 Å². The first kappa shape index (κ1) is 29.9. The molecule has 3 heterocycles. The molecule has 2 fully saturated rings. The second-order valence-corrected chi connectivity index (χ2v) is 13.2. The van der Waals surface area contributed by atoms with Crippen molar-refractivity contribution in [2.45, 2.75) is 69.7 Å². The summed E-state index contributed by atoms with van der Waals surface area (Å²) in [7, 11) is 0. The Labute approximate surface area is 255 Å². The Hall–Kier alpha value is -3.20. The van der Waals surface area contributed by atoms with Crippen LogP contribution in [0.3, 0.4) is 0 Å². The molecule has 0 unspecified atom stereocenters. The Bertz CT molecular complexity index is 1740. The summed E-state index contributed by atoms with van der Waals surface area (Å²) in [6, 6.07) is 1.39. The van der Waals surface area contributed by atoms with E-state index in [1.807, 2.05) is 0 Å². The SMILES string of the molecule is CC(C)(C)OC(=O)N1CCC2(CC1)c1c(n(CC(=O)Nc3ccc(C(F)(F)F)c(F)c3Cl)c3nc(Br)nn3c1=O)[C@H]1C[C@H]12. The van der Waals surface area contributed by atoms with E-state index in [-0.39, 0.29) is 40.1 Å². The van der Waals surface area contributed by atoms with Crippen molar-refractivity contribution in [1.82, 2.24) is 24.1 Å². The van der Waals surface area contributed by atoms with Gasteiger partial charge in [0.2, 0.25) is 16.4 Å². The molecule has 0 radical (unpaired) electrons. The van der Waals surface area contributed by atoms with Gasteiger partial charge in [-0.25, -0.2) is 9.18 Å². The third-order valence-electron chi connectivity index (χ3n) is 8.38. The third-order valence-corrected chi connectivity index (χ3v) is 9.08. The number of alkyl halides is 3. The maximum absolute atomic E-state index is 14.4. The quantitative estimate of drug-likeness (QED) is 0.365. The molecule has 6 rings (SSSR count). The summed E-state index contributed by atoms with van der Waals surface area (Å²) in [6.45, 7) is 5.75. The van der Waals surface area contributed by atoms with E-state index >= 15 is 0 Å². The zero-order chi connectivity index (χ0) is 31.2. The number of carbonyl (C=O) groups is 2. The molecule has 2 atom stereocenters. The molecule has 1 saturated carbocycles. The molecule has 43 heavy (non-hydrogen) atoms. The molecule has 1 N–H and O–H groups in total. The van der Waals surface area contributed by atoms with Crippen molar-refractivity contribution >= 4 is 51.0 Å². The van der Waals surface area contributed by atoms with E-state index in [1.54, 1.807) is 30.2 Å². The highest BCUT2D eigenvalue weighted by atomic mass is 79.9. The molecule has 2 amide bonds.